The van der Waals surface area contributed by atoms with Crippen molar-refractivity contribution in [1.29, 1.82) is 0 Å². The van der Waals surface area contributed by atoms with Gasteiger partial charge in [0.05, 0.1) is 35.6 Å². The number of fused-ring (bicyclic) bond motifs is 1. The van der Waals surface area contributed by atoms with E-state index in [0.29, 0.717) is 23.4 Å². The summed E-state index contributed by atoms with van der Waals surface area (Å²) in [5.41, 5.74) is 0.529. The van der Waals surface area contributed by atoms with Crippen LogP contribution in [0.25, 0.3) is 10.9 Å². The number of para-hydroxylation sites is 1. The lowest BCUT2D eigenvalue weighted by molar-refractivity contribution is 0.274. The van der Waals surface area contributed by atoms with Crippen LogP contribution < -0.4 is 10.5 Å². The van der Waals surface area contributed by atoms with Crippen LogP contribution in [0, 0.1) is 6.92 Å². The SMILES string of the molecule is Cc1ncc(CN(C)c2nc3ccccc3c(=O)n2CCO)s1. The smallest absolute Gasteiger partial charge is 0.262 e. The Balaban J connectivity index is 2.07. The fourth-order valence-electron chi connectivity index (χ4n) is 2.53. The average Bonchev–Trinajstić information content (AvgIpc) is 2.95. The molecule has 0 saturated carbocycles. The maximum absolute atomic E-state index is 12.7. The largest absolute Gasteiger partial charge is 0.395 e. The lowest BCUT2D eigenvalue weighted by Gasteiger charge is -2.21. The molecule has 120 valence electrons. The molecule has 2 aromatic heterocycles. The van der Waals surface area contributed by atoms with Gasteiger partial charge in [-0.25, -0.2) is 9.97 Å². The molecule has 6 nitrogen and oxygen atoms in total. The highest BCUT2D eigenvalue weighted by molar-refractivity contribution is 7.11. The summed E-state index contributed by atoms with van der Waals surface area (Å²) in [5, 5.41) is 10.9. The van der Waals surface area contributed by atoms with Crippen molar-refractivity contribution in [2.75, 3.05) is 18.6 Å². The maximum atomic E-state index is 12.7. The van der Waals surface area contributed by atoms with Crippen LogP contribution in [0.15, 0.2) is 35.3 Å². The van der Waals surface area contributed by atoms with E-state index in [1.807, 2.05) is 43.3 Å². The van der Waals surface area contributed by atoms with Crippen LogP contribution in [0.2, 0.25) is 0 Å². The summed E-state index contributed by atoms with van der Waals surface area (Å²) >= 11 is 1.62. The zero-order chi connectivity index (χ0) is 16.4. The van der Waals surface area contributed by atoms with Crippen LogP contribution in [-0.4, -0.2) is 33.3 Å². The van der Waals surface area contributed by atoms with Crippen LogP contribution in [-0.2, 0) is 13.1 Å². The first kappa shape index (κ1) is 15.6. The number of benzene rings is 1. The first-order chi connectivity index (χ1) is 11.1. The summed E-state index contributed by atoms with van der Waals surface area (Å²) in [6, 6.07) is 7.27. The van der Waals surface area contributed by atoms with Gasteiger partial charge in [-0.05, 0) is 19.1 Å². The molecule has 23 heavy (non-hydrogen) atoms. The molecule has 0 aliphatic carbocycles. The molecule has 1 aromatic carbocycles. The Bertz CT molecular complexity index is 887. The maximum Gasteiger partial charge on any atom is 0.262 e. The Kier molecular flexibility index (Phi) is 4.40. The van der Waals surface area contributed by atoms with Gasteiger partial charge in [0.15, 0.2) is 0 Å². The van der Waals surface area contributed by atoms with Crippen molar-refractivity contribution in [2.24, 2.45) is 0 Å². The van der Waals surface area contributed by atoms with E-state index in [1.165, 1.54) is 4.57 Å². The third-order valence-electron chi connectivity index (χ3n) is 3.57. The zero-order valence-corrected chi connectivity index (χ0v) is 13.9. The van der Waals surface area contributed by atoms with E-state index in [4.69, 9.17) is 0 Å². The molecule has 0 spiro atoms. The van der Waals surface area contributed by atoms with E-state index in [0.717, 1.165) is 9.88 Å². The molecular formula is C16H18N4O2S. The van der Waals surface area contributed by atoms with Crippen LogP contribution in [0.3, 0.4) is 0 Å². The van der Waals surface area contributed by atoms with Gasteiger partial charge in [0.25, 0.3) is 5.56 Å². The van der Waals surface area contributed by atoms with Crippen molar-refractivity contribution in [1.82, 2.24) is 14.5 Å². The number of anilines is 1. The minimum atomic E-state index is -0.132. The molecule has 2 heterocycles. The number of aryl methyl sites for hydroxylation is 1. The second-order valence-corrected chi connectivity index (χ2v) is 6.63. The van der Waals surface area contributed by atoms with Crippen molar-refractivity contribution >= 4 is 28.2 Å². The first-order valence-corrected chi connectivity index (χ1v) is 8.14. The third kappa shape index (κ3) is 3.11. The van der Waals surface area contributed by atoms with Crippen molar-refractivity contribution < 1.29 is 5.11 Å². The summed E-state index contributed by atoms with van der Waals surface area (Å²) in [6.07, 6.45) is 1.84. The Labute approximate surface area is 137 Å². The Morgan fingerprint density at radius 1 is 1.35 bits per heavy atom. The Morgan fingerprint density at radius 2 is 2.13 bits per heavy atom. The second-order valence-electron chi connectivity index (χ2n) is 5.31. The molecule has 0 radical (unpaired) electrons. The molecule has 3 aromatic rings. The molecule has 0 amide bonds. The van der Waals surface area contributed by atoms with Gasteiger partial charge in [-0.3, -0.25) is 9.36 Å². The topological polar surface area (TPSA) is 71.2 Å². The van der Waals surface area contributed by atoms with Crippen molar-refractivity contribution in [2.45, 2.75) is 20.0 Å². The number of aliphatic hydroxyl groups is 1. The first-order valence-electron chi connectivity index (χ1n) is 7.33. The van der Waals surface area contributed by atoms with E-state index in [2.05, 4.69) is 9.97 Å². The highest BCUT2D eigenvalue weighted by atomic mass is 32.1. The Hall–Kier alpha value is -2.25. The predicted molar refractivity (Wildman–Crippen MR) is 92.0 cm³/mol. The monoisotopic (exact) mass is 330 g/mol. The minimum Gasteiger partial charge on any atom is -0.395 e. The van der Waals surface area contributed by atoms with Gasteiger partial charge >= 0.3 is 0 Å². The van der Waals surface area contributed by atoms with Gasteiger partial charge in [-0.15, -0.1) is 11.3 Å². The molecule has 1 N–H and O–H groups in total. The number of aliphatic hydroxyl groups excluding tert-OH is 1. The van der Waals surface area contributed by atoms with E-state index >= 15 is 0 Å². The fourth-order valence-corrected chi connectivity index (χ4v) is 3.38. The summed E-state index contributed by atoms with van der Waals surface area (Å²) in [7, 11) is 1.89. The molecule has 3 rings (SSSR count). The standard InChI is InChI=1S/C16H18N4O2S/c1-11-17-9-12(23-11)10-19(2)16-18-14-6-4-3-5-13(14)15(22)20(16)7-8-21/h3-6,9,21H,7-8,10H2,1-2H3. The van der Waals surface area contributed by atoms with Crippen LogP contribution >= 0.6 is 11.3 Å². The normalized spacial score (nSPS) is 11.1. The van der Waals surface area contributed by atoms with E-state index in [1.54, 1.807) is 17.4 Å². The minimum absolute atomic E-state index is 0.111. The average molecular weight is 330 g/mol. The number of rotatable bonds is 5. The number of nitrogens with zero attached hydrogens (tertiary/aromatic N) is 4. The second kappa shape index (κ2) is 6.47. The fraction of sp³-hybridized carbons (Fsp3) is 0.312. The summed E-state index contributed by atoms with van der Waals surface area (Å²) in [5.74, 6) is 0.550. The van der Waals surface area contributed by atoms with Gasteiger partial charge in [0.1, 0.15) is 0 Å². The van der Waals surface area contributed by atoms with Crippen molar-refractivity contribution in [3.05, 3.63) is 50.7 Å². The summed E-state index contributed by atoms with van der Waals surface area (Å²) < 4.78 is 1.52. The van der Waals surface area contributed by atoms with Gasteiger partial charge in [0, 0.05) is 18.1 Å². The van der Waals surface area contributed by atoms with Crippen molar-refractivity contribution in [3.8, 4) is 0 Å². The van der Waals surface area contributed by atoms with Gasteiger partial charge in [0.2, 0.25) is 5.95 Å². The number of hydrogen-bond acceptors (Lipinski definition) is 6. The molecule has 0 fully saturated rings. The predicted octanol–water partition coefficient (Wildman–Crippen LogP) is 1.79. The highest BCUT2D eigenvalue weighted by Crippen LogP contribution is 2.19. The van der Waals surface area contributed by atoms with Gasteiger partial charge < -0.3 is 10.0 Å². The van der Waals surface area contributed by atoms with Gasteiger partial charge in [-0.1, -0.05) is 12.1 Å². The lowest BCUT2D eigenvalue weighted by Crippen LogP contribution is -2.31. The Morgan fingerprint density at radius 3 is 2.83 bits per heavy atom. The van der Waals surface area contributed by atoms with Crippen LogP contribution in [0.1, 0.15) is 9.88 Å². The quantitative estimate of drug-likeness (QED) is 0.772. The molecule has 0 aliphatic heterocycles. The highest BCUT2D eigenvalue weighted by Gasteiger charge is 2.15. The third-order valence-corrected chi connectivity index (χ3v) is 4.47. The van der Waals surface area contributed by atoms with Gasteiger partial charge in [-0.2, -0.15) is 0 Å². The number of aromatic nitrogens is 3. The number of thiazole rings is 1. The van der Waals surface area contributed by atoms with Crippen LogP contribution in [0.4, 0.5) is 5.95 Å². The zero-order valence-electron chi connectivity index (χ0n) is 13.1. The molecule has 0 bridgehead atoms. The summed E-state index contributed by atoms with van der Waals surface area (Å²) in [6.45, 7) is 2.68. The molecule has 0 saturated heterocycles. The number of hydrogen-bond donors (Lipinski definition) is 1. The molecule has 0 unspecified atom stereocenters. The lowest BCUT2D eigenvalue weighted by atomic mass is 10.2. The molecular weight excluding hydrogens is 312 g/mol. The van der Waals surface area contributed by atoms with E-state index in [9.17, 15) is 9.90 Å². The van der Waals surface area contributed by atoms with Crippen LogP contribution in [0.5, 0.6) is 0 Å². The van der Waals surface area contributed by atoms with E-state index < -0.39 is 0 Å². The van der Waals surface area contributed by atoms with E-state index in [-0.39, 0.29) is 18.7 Å². The molecule has 0 aliphatic rings. The summed E-state index contributed by atoms with van der Waals surface area (Å²) in [4.78, 5) is 24.6. The molecule has 7 heteroatoms. The molecule has 0 atom stereocenters. The van der Waals surface area contributed by atoms with Crippen molar-refractivity contribution in [3.63, 3.8) is 0 Å².